The van der Waals surface area contributed by atoms with E-state index in [4.69, 9.17) is 0 Å². The molecule has 1 amide bonds. The fourth-order valence-electron chi connectivity index (χ4n) is 6.64. The van der Waals surface area contributed by atoms with Gasteiger partial charge < -0.3 is 5.32 Å². The van der Waals surface area contributed by atoms with E-state index in [9.17, 15) is 4.79 Å². The predicted molar refractivity (Wildman–Crippen MR) is 94.4 cm³/mol. The molecular formula is C19H28N2OS. The topological polar surface area (TPSA) is 41.5 Å². The number of nitrogens with zero attached hydrogens (tertiary/aromatic N) is 1. The number of carbonyl (C=O) groups excluding carboxylic acids is 1. The van der Waals surface area contributed by atoms with Crippen LogP contribution < -0.4 is 5.32 Å². The Morgan fingerprint density at radius 2 is 1.57 bits per heavy atom. The molecule has 1 aliphatic heterocycles. The van der Waals surface area contributed by atoms with Crippen molar-refractivity contribution in [2.75, 3.05) is 0 Å². The zero-order valence-corrected chi connectivity index (χ0v) is 14.7. The highest BCUT2D eigenvalue weighted by atomic mass is 32.2. The maximum Gasteiger partial charge on any atom is 0.261 e. The van der Waals surface area contributed by atoms with Gasteiger partial charge in [-0.05, 0) is 75.0 Å². The van der Waals surface area contributed by atoms with Crippen molar-refractivity contribution in [1.29, 1.82) is 0 Å². The molecule has 5 fully saturated rings. The van der Waals surface area contributed by atoms with E-state index in [1.54, 1.807) is 11.8 Å². The maximum absolute atomic E-state index is 12.4. The van der Waals surface area contributed by atoms with Gasteiger partial charge in [0.05, 0.1) is 5.25 Å². The summed E-state index contributed by atoms with van der Waals surface area (Å²) in [6, 6.07) is 0. The summed E-state index contributed by atoms with van der Waals surface area (Å²) in [6.45, 7) is 0. The van der Waals surface area contributed by atoms with Crippen molar-refractivity contribution in [1.82, 2.24) is 5.32 Å². The van der Waals surface area contributed by atoms with Crippen molar-refractivity contribution < 1.29 is 4.79 Å². The lowest BCUT2D eigenvalue weighted by molar-refractivity contribution is -0.118. The smallest absolute Gasteiger partial charge is 0.261 e. The number of amidine groups is 1. The van der Waals surface area contributed by atoms with Crippen LogP contribution in [-0.4, -0.2) is 21.9 Å². The molecule has 3 nitrogen and oxygen atoms in total. The van der Waals surface area contributed by atoms with E-state index in [2.05, 4.69) is 10.3 Å². The number of amides is 1. The second kappa shape index (κ2) is 5.50. The number of thioether (sulfide) groups is 1. The number of aliphatic imine (C=N–C) groups is 1. The van der Waals surface area contributed by atoms with Gasteiger partial charge >= 0.3 is 0 Å². The van der Waals surface area contributed by atoms with E-state index in [1.165, 1.54) is 70.6 Å². The largest absolute Gasteiger partial charge is 0.359 e. The molecule has 23 heavy (non-hydrogen) atoms. The van der Waals surface area contributed by atoms with Crippen LogP contribution >= 0.6 is 11.8 Å². The quantitative estimate of drug-likeness (QED) is 0.827. The molecule has 5 aliphatic carbocycles. The first-order chi connectivity index (χ1) is 11.2. The molecule has 4 heteroatoms. The fraction of sp³-hybridized carbons (Fsp3) is 0.895. The molecule has 0 aromatic rings. The molecule has 0 aromatic heterocycles. The van der Waals surface area contributed by atoms with Gasteiger partial charge in [-0.15, -0.1) is 0 Å². The van der Waals surface area contributed by atoms with Gasteiger partial charge in [0, 0.05) is 5.54 Å². The van der Waals surface area contributed by atoms with Crippen LogP contribution in [0.4, 0.5) is 0 Å². The van der Waals surface area contributed by atoms with E-state index in [1.807, 2.05) is 0 Å². The van der Waals surface area contributed by atoms with Crippen molar-refractivity contribution in [2.45, 2.75) is 81.4 Å². The average Bonchev–Trinajstić information content (AvgIpc) is 2.86. The van der Waals surface area contributed by atoms with Gasteiger partial charge in [-0.3, -0.25) is 4.79 Å². The molecule has 0 saturated heterocycles. The van der Waals surface area contributed by atoms with Crippen molar-refractivity contribution in [3.63, 3.8) is 0 Å². The predicted octanol–water partition coefficient (Wildman–Crippen LogP) is 4.12. The van der Waals surface area contributed by atoms with Crippen LogP contribution in [0.5, 0.6) is 0 Å². The molecule has 0 radical (unpaired) electrons. The second-order valence-corrected chi connectivity index (χ2v) is 10.1. The highest BCUT2D eigenvalue weighted by Crippen LogP contribution is 2.56. The Kier molecular flexibility index (Phi) is 3.54. The molecule has 1 N–H and O–H groups in total. The van der Waals surface area contributed by atoms with Gasteiger partial charge in [-0.25, -0.2) is 0 Å². The van der Waals surface area contributed by atoms with E-state index in [0.717, 1.165) is 22.9 Å². The maximum atomic E-state index is 12.4. The zero-order valence-electron chi connectivity index (χ0n) is 13.9. The first-order valence-corrected chi connectivity index (χ1v) is 10.6. The first kappa shape index (κ1) is 14.8. The third kappa shape index (κ3) is 2.65. The molecule has 126 valence electrons. The molecule has 1 heterocycles. The van der Waals surface area contributed by atoms with Crippen LogP contribution in [0.25, 0.3) is 0 Å². The van der Waals surface area contributed by atoms with Gasteiger partial charge in [0.25, 0.3) is 5.91 Å². The number of hydrogen-bond donors (Lipinski definition) is 1. The van der Waals surface area contributed by atoms with Crippen LogP contribution in [0.3, 0.4) is 0 Å². The van der Waals surface area contributed by atoms with Crippen LogP contribution in [-0.2, 0) is 4.79 Å². The highest BCUT2D eigenvalue weighted by molar-refractivity contribution is 8.15. The summed E-state index contributed by atoms with van der Waals surface area (Å²) >= 11 is 1.76. The Hall–Kier alpha value is -0.510. The van der Waals surface area contributed by atoms with Crippen molar-refractivity contribution in [3.05, 3.63) is 0 Å². The average molecular weight is 333 g/mol. The van der Waals surface area contributed by atoms with Gasteiger partial charge in [0.15, 0.2) is 5.17 Å². The summed E-state index contributed by atoms with van der Waals surface area (Å²) in [6.07, 6.45) is 14.7. The first-order valence-electron chi connectivity index (χ1n) is 9.76. The fourth-order valence-corrected chi connectivity index (χ4v) is 7.92. The summed E-state index contributed by atoms with van der Waals surface area (Å²) in [5, 5.41) is 4.90. The molecule has 0 aromatic carbocycles. The van der Waals surface area contributed by atoms with E-state index in [-0.39, 0.29) is 16.7 Å². The van der Waals surface area contributed by atoms with Crippen molar-refractivity contribution in [2.24, 2.45) is 28.7 Å². The number of rotatable bonds is 2. The molecule has 4 bridgehead atoms. The molecule has 5 saturated carbocycles. The molecule has 0 spiro atoms. The molecule has 1 atom stereocenters. The third-order valence-corrected chi connectivity index (χ3v) is 8.44. The Morgan fingerprint density at radius 1 is 0.957 bits per heavy atom. The summed E-state index contributed by atoms with van der Waals surface area (Å²) in [5.41, 5.74) is 0.280. The van der Waals surface area contributed by atoms with E-state index < -0.39 is 0 Å². The SMILES string of the molecule is O=C1N=C(NC23CC4CC(CC(C4)C2)C3)SC1C1CCCCC1. The van der Waals surface area contributed by atoms with Crippen molar-refractivity contribution >= 4 is 22.8 Å². The normalized spacial score (nSPS) is 46.3. The van der Waals surface area contributed by atoms with Gasteiger partial charge in [-0.1, -0.05) is 31.0 Å². The lowest BCUT2D eigenvalue weighted by atomic mass is 9.53. The number of carbonyl (C=O) groups is 1. The van der Waals surface area contributed by atoms with Gasteiger partial charge in [0.2, 0.25) is 0 Å². The highest BCUT2D eigenvalue weighted by Gasteiger charge is 2.52. The Balaban J connectivity index is 1.28. The Bertz CT molecular complexity index is 502. The van der Waals surface area contributed by atoms with E-state index in [0.29, 0.717) is 5.92 Å². The van der Waals surface area contributed by atoms with Gasteiger partial charge in [0.1, 0.15) is 0 Å². The summed E-state index contributed by atoms with van der Waals surface area (Å²) in [4.78, 5) is 16.9. The minimum absolute atomic E-state index is 0.117. The summed E-state index contributed by atoms with van der Waals surface area (Å²) in [7, 11) is 0. The lowest BCUT2D eigenvalue weighted by Gasteiger charge is -2.57. The Labute approximate surface area is 143 Å². The van der Waals surface area contributed by atoms with Crippen LogP contribution in [0, 0.1) is 23.7 Å². The molecule has 6 rings (SSSR count). The zero-order chi connectivity index (χ0) is 15.4. The monoisotopic (exact) mass is 332 g/mol. The standard InChI is InChI=1S/C19H28N2OS/c22-17-16(15-4-2-1-3-5-15)23-18(20-17)21-19-9-12-6-13(10-19)8-14(7-12)11-19/h12-16H,1-11H2,(H,20,21,22). The number of nitrogens with one attached hydrogen (secondary N) is 1. The molecular weight excluding hydrogens is 304 g/mol. The molecule has 1 unspecified atom stereocenters. The minimum Gasteiger partial charge on any atom is -0.359 e. The van der Waals surface area contributed by atoms with Crippen LogP contribution in [0.2, 0.25) is 0 Å². The van der Waals surface area contributed by atoms with Crippen LogP contribution in [0.1, 0.15) is 70.6 Å². The number of hydrogen-bond acceptors (Lipinski definition) is 3. The van der Waals surface area contributed by atoms with Crippen molar-refractivity contribution in [3.8, 4) is 0 Å². The molecule has 6 aliphatic rings. The second-order valence-electron chi connectivity index (χ2n) is 9.01. The van der Waals surface area contributed by atoms with Crippen LogP contribution in [0.15, 0.2) is 4.99 Å². The Morgan fingerprint density at radius 3 is 2.17 bits per heavy atom. The summed E-state index contributed by atoms with van der Waals surface area (Å²) < 4.78 is 0. The lowest BCUT2D eigenvalue weighted by Crippen LogP contribution is -2.59. The van der Waals surface area contributed by atoms with Gasteiger partial charge in [-0.2, -0.15) is 4.99 Å². The minimum atomic E-state index is 0.117. The third-order valence-electron chi connectivity index (χ3n) is 7.18. The summed E-state index contributed by atoms with van der Waals surface area (Å²) in [5.74, 6) is 3.52. The van der Waals surface area contributed by atoms with E-state index >= 15 is 0 Å².